The van der Waals surface area contributed by atoms with Gasteiger partial charge >= 0.3 is 0 Å². The highest BCUT2D eigenvalue weighted by atomic mass is 35.5. The number of aromatic nitrogens is 3. The van der Waals surface area contributed by atoms with Crippen LogP contribution in [0.1, 0.15) is 49.7 Å². The standard InChI is InChI=1S/C24H27ClN4/c1-14(2)28-21(17-5-6-17)11-12-22(28)20-13-15(3)24-27-26-16(4)29(24)23(20)18-7-9-19(25)10-8-18/h7-14,17,21-22H,5-6H2,1-4H3. The fraction of sp³-hybridized carbons (Fsp3) is 0.417. The molecule has 0 spiro atoms. The van der Waals surface area contributed by atoms with Gasteiger partial charge in [0.15, 0.2) is 5.65 Å². The summed E-state index contributed by atoms with van der Waals surface area (Å²) in [5, 5.41) is 9.59. The van der Waals surface area contributed by atoms with Crippen LogP contribution in [0.5, 0.6) is 0 Å². The van der Waals surface area contributed by atoms with Gasteiger partial charge in [-0.3, -0.25) is 9.30 Å². The lowest BCUT2D eigenvalue weighted by molar-refractivity contribution is 0.149. The molecule has 1 saturated carbocycles. The van der Waals surface area contributed by atoms with E-state index in [2.05, 4.69) is 70.6 Å². The number of aryl methyl sites for hydroxylation is 2. The van der Waals surface area contributed by atoms with Crippen LogP contribution in [0.4, 0.5) is 0 Å². The van der Waals surface area contributed by atoms with Crippen LogP contribution in [0.25, 0.3) is 16.9 Å². The number of benzene rings is 1. The third-order valence-electron chi connectivity index (χ3n) is 6.34. The van der Waals surface area contributed by atoms with Crippen molar-refractivity contribution in [3.63, 3.8) is 0 Å². The normalized spacial score (nSPS) is 22.3. The Morgan fingerprint density at radius 3 is 2.41 bits per heavy atom. The maximum Gasteiger partial charge on any atom is 0.164 e. The predicted molar refractivity (Wildman–Crippen MR) is 118 cm³/mol. The van der Waals surface area contributed by atoms with Gasteiger partial charge in [-0.05, 0) is 81.3 Å². The molecule has 0 saturated heterocycles. The molecule has 2 atom stereocenters. The molecule has 1 aliphatic carbocycles. The number of hydrogen-bond acceptors (Lipinski definition) is 3. The largest absolute Gasteiger partial charge is 0.284 e. The first kappa shape index (κ1) is 18.8. The molecule has 1 fully saturated rings. The van der Waals surface area contributed by atoms with E-state index < -0.39 is 0 Å². The van der Waals surface area contributed by atoms with Gasteiger partial charge in [-0.25, -0.2) is 0 Å². The molecule has 2 aromatic heterocycles. The van der Waals surface area contributed by atoms with Gasteiger partial charge in [0, 0.05) is 17.1 Å². The van der Waals surface area contributed by atoms with Crippen molar-refractivity contribution in [2.45, 2.75) is 58.7 Å². The average molecular weight is 407 g/mol. The Kier molecular flexibility index (Phi) is 4.52. The van der Waals surface area contributed by atoms with E-state index in [9.17, 15) is 0 Å². The van der Waals surface area contributed by atoms with Gasteiger partial charge < -0.3 is 0 Å². The Morgan fingerprint density at radius 1 is 1.03 bits per heavy atom. The van der Waals surface area contributed by atoms with E-state index in [0.717, 1.165) is 33.5 Å². The monoisotopic (exact) mass is 406 g/mol. The van der Waals surface area contributed by atoms with Crippen LogP contribution >= 0.6 is 11.6 Å². The van der Waals surface area contributed by atoms with E-state index in [1.165, 1.54) is 24.1 Å². The summed E-state index contributed by atoms with van der Waals surface area (Å²) in [6.45, 7) is 8.79. The van der Waals surface area contributed by atoms with E-state index in [4.69, 9.17) is 11.6 Å². The minimum Gasteiger partial charge on any atom is -0.284 e. The number of nitrogens with zero attached hydrogens (tertiary/aromatic N) is 4. The second-order valence-electron chi connectivity index (χ2n) is 8.74. The predicted octanol–water partition coefficient (Wildman–Crippen LogP) is 5.77. The van der Waals surface area contributed by atoms with Gasteiger partial charge in [-0.1, -0.05) is 35.9 Å². The molecule has 1 aromatic carbocycles. The van der Waals surface area contributed by atoms with Gasteiger partial charge in [0.2, 0.25) is 0 Å². The number of pyridine rings is 1. The molecule has 29 heavy (non-hydrogen) atoms. The summed E-state index contributed by atoms with van der Waals surface area (Å²) in [7, 11) is 0. The molecule has 4 nitrogen and oxygen atoms in total. The second kappa shape index (κ2) is 6.96. The van der Waals surface area contributed by atoms with Crippen molar-refractivity contribution in [2.24, 2.45) is 5.92 Å². The lowest BCUT2D eigenvalue weighted by atomic mass is 9.96. The molecule has 0 radical (unpaired) electrons. The summed E-state index contributed by atoms with van der Waals surface area (Å²) < 4.78 is 2.21. The minimum atomic E-state index is 0.246. The molecule has 1 aliphatic heterocycles. The fourth-order valence-electron chi connectivity index (χ4n) is 4.88. The highest BCUT2D eigenvalue weighted by Gasteiger charge is 2.41. The SMILES string of the molecule is Cc1cc(C2C=CC(C3CC3)N2C(C)C)c(-c2ccc(Cl)cc2)n2c(C)nnc12. The van der Waals surface area contributed by atoms with Crippen LogP contribution in [-0.2, 0) is 0 Å². The minimum absolute atomic E-state index is 0.246. The summed E-state index contributed by atoms with van der Waals surface area (Å²) in [6, 6.07) is 11.7. The van der Waals surface area contributed by atoms with Crippen LogP contribution in [0.2, 0.25) is 5.02 Å². The summed E-state index contributed by atoms with van der Waals surface area (Å²) >= 11 is 6.19. The maximum absolute atomic E-state index is 6.19. The molecule has 0 bridgehead atoms. The zero-order valence-electron chi connectivity index (χ0n) is 17.4. The molecule has 3 heterocycles. The molecular weight excluding hydrogens is 380 g/mol. The number of fused-ring (bicyclic) bond motifs is 1. The van der Waals surface area contributed by atoms with Gasteiger partial charge in [0.05, 0.1) is 11.7 Å². The van der Waals surface area contributed by atoms with Gasteiger partial charge in [-0.2, -0.15) is 0 Å². The number of hydrogen-bond donors (Lipinski definition) is 0. The number of rotatable bonds is 4. The van der Waals surface area contributed by atoms with E-state index in [0.29, 0.717) is 12.1 Å². The smallest absolute Gasteiger partial charge is 0.164 e. The Labute approximate surface area is 177 Å². The molecule has 0 N–H and O–H groups in total. The van der Waals surface area contributed by atoms with E-state index in [-0.39, 0.29) is 6.04 Å². The average Bonchev–Trinajstić information content (AvgIpc) is 3.32. The maximum atomic E-state index is 6.19. The summed E-state index contributed by atoms with van der Waals surface area (Å²) in [6.07, 6.45) is 7.53. The zero-order valence-corrected chi connectivity index (χ0v) is 18.2. The molecule has 150 valence electrons. The fourth-order valence-corrected chi connectivity index (χ4v) is 5.01. The van der Waals surface area contributed by atoms with Gasteiger partial charge in [-0.15, -0.1) is 10.2 Å². The molecule has 0 amide bonds. The molecule has 2 aliphatic rings. The highest BCUT2D eigenvalue weighted by molar-refractivity contribution is 6.30. The van der Waals surface area contributed by atoms with Crippen molar-refractivity contribution in [1.82, 2.24) is 19.5 Å². The van der Waals surface area contributed by atoms with Crippen molar-refractivity contribution >= 4 is 17.2 Å². The Balaban J connectivity index is 1.75. The second-order valence-corrected chi connectivity index (χ2v) is 9.18. The van der Waals surface area contributed by atoms with Crippen LogP contribution < -0.4 is 0 Å². The third kappa shape index (κ3) is 3.10. The van der Waals surface area contributed by atoms with Gasteiger partial charge in [0.25, 0.3) is 0 Å². The van der Waals surface area contributed by atoms with Crippen LogP contribution in [0, 0.1) is 19.8 Å². The van der Waals surface area contributed by atoms with Crippen molar-refractivity contribution in [3.8, 4) is 11.3 Å². The van der Waals surface area contributed by atoms with Crippen LogP contribution in [0.15, 0.2) is 42.5 Å². The van der Waals surface area contributed by atoms with Crippen LogP contribution in [0.3, 0.4) is 0 Å². The van der Waals surface area contributed by atoms with E-state index in [1.807, 2.05) is 19.1 Å². The van der Waals surface area contributed by atoms with E-state index >= 15 is 0 Å². The first-order chi connectivity index (χ1) is 14.0. The van der Waals surface area contributed by atoms with Crippen LogP contribution in [-0.4, -0.2) is 31.6 Å². The molecule has 5 rings (SSSR count). The quantitative estimate of drug-likeness (QED) is 0.516. The van der Waals surface area contributed by atoms with Crippen molar-refractivity contribution in [3.05, 3.63) is 64.5 Å². The Morgan fingerprint density at radius 2 is 1.76 bits per heavy atom. The topological polar surface area (TPSA) is 33.4 Å². The summed E-state index contributed by atoms with van der Waals surface area (Å²) in [4.78, 5) is 2.68. The molecule has 3 aromatic rings. The molecule has 5 heteroatoms. The lowest BCUT2D eigenvalue weighted by Gasteiger charge is -2.35. The Bertz CT molecular complexity index is 1090. The van der Waals surface area contributed by atoms with Gasteiger partial charge in [0.1, 0.15) is 5.82 Å². The highest BCUT2D eigenvalue weighted by Crippen LogP contribution is 2.46. The first-order valence-corrected chi connectivity index (χ1v) is 10.9. The van der Waals surface area contributed by atoms with Crippen molar-refractivity contribution in [1.29, 1.82) is 0 Å². The molecular formula is C24H27ClN4. The van der Waals surface area contributed by atoms with E-state index in [1.54, 1.807) is 0 Å². The van der Waals surface area contributed by atoms with Crippen molar-refractivity contribution in [2.75, 3.05) is 0 Å². The number of halogens is 1. The summed E-state index contributed by atoms with van der Waals surface area (Å²) in [5.41, 5.74) is 5.71. The Hall–Kier alpha value is -2.17. The zero-order chi connectivity index (χ0) is 20.3. The first-order valence-electron chi connectivity index (χ1n) is 10.5. The molecule has 2 unspecified atom stereocenters. The third-order valence-corrected chi connectivity index (χ3v) is 6.59. The van der Waals surface area contributed by atoms with Crippen molar-refractivity contribution < 1.29 is 0 Å². The summed E-state index contributed by atoms with van der Waals surface area (Å²) in [5.74, 6) is 1.71. The lowest BCUT2D eigenvalue weighted by Crippen LogP contribution is -2.39.